The summed E-state index contributed by atoms with van der Waals surface area (Å²) in [6, 6.07) is 8.11. The number of amides is 1. The highest BCUT2D eigenvalue weighted by molar-refractivity contribution is 5.93. The Labute approximate surface area is 186 Å². The number of H-pyrrole nitrogens is 2. The van der Waals surface area contributed by atoms with Crippen LogP contribution in [0.15, 0.2) is 42.9 Å². The van der Waals surface area contributed by atoms with Crippen molar-refractivity contribution in [2.45, 2.75) is 33.6 Å². The second kappa shape index (κ2) is 7.78. The number of rotatable bonds is 4. The molecule has 1 amide bonds. The fourth-order valence-electron chi connectivity index (χ4n) is 4.08. The summed E-state index contributed by atoms with van der Waals surface area (Å²) >= 11 is 0. The van der Waals surface area contributed by atoms with E-state index >= 15 is 0 Å². The molecule has 3 aromatic heterocycles. The molecule has 0 atom stereocenters. The van der Waals surface area contributed by atoms with E-state index in [4.69, 9.17) is 0 Å². The van der Waals surface area contributed by atoms with Crippen LogP contribution < -0.4 is 5.32 Å². The van der Waals surface area contributed by atoms with Crippen LogP contribution in [0.5, 0.6) is 0 Å². The van der Waals surface area contributed by atoms with Gasteiger partial charge in [-0.2, -0.15) is 5.10 Å². The molecule has 1 aromatic carbocycles. The molecule has 1 aliphatic heterocycles. The first-order valence-corrected chi connectivity index (χ1v) is 10.9. The zero-order valence-corrected chi connectivity index (χ0v) is 18.6. The number of aromatic nitrogens is 5. The molecule has 0 aliphatic carbocycles. The minimum absolute atomic E-state index is 0.00245. The number of aromatic amines is 2. The minimum Gasteiger partial charge on any atom is -0.340 e. The number of nitrogens with zero attached hydrogens (tertiary/aromatic N) is 4. The van der Waals surface area contributed by atoms with Gasteiger partial charge in [0.15, 0.2) is 0 Å². The Bertz CT molecular complexity index is 1330. The van der Waals surface area contributed by atoms with Crippen LogP contribution in [0.3, 0.4) is 0 Å². The fourth-order valence-corrected chi connectivity index (χ4v) is 4.08. The monoisotopic (exact) mass is 429 g/mol. The average Bonchev–Trinajstić information content (AvgIpc) is 3.40. The van der Waals surface area contributed by atoms with E-state index in [0.717, 1.165) is 52.1 Å². The van der Waals surface area contributed by atoms with E-state index in [-0.39, 0.29) is 11.3 Å². The van der Waals surface area contributed by atoms with Crippen LogP contribution >= 0.6 is 0 Å². The number of carbonyl (C=O) groups excluding carboxylic acids is 1. The molecule has 0 radical (unpaired) electrons. The highest BCUT2D eigenvalue weighted by Crippen LogP contribution is 2.30. The standard InChI is InChI=1S/C24H27N7O/c1-24(2,3)12-21(32)31-8-6-15(7-9-31)20-11-18-22(25-14-26-23(18)29-20)28-17-4-5-19-16(10-17)13-27-30-19/h4-6,10-11,13-14H,7-9,12H2,1-3H3,(H,27,30)(H2,25,26,28,29). The van der Waals surface area contributed by atoms with Crippen molar-refractivity contribution in [2.75, 3.05) is 18.4 Å². The third-order valence-corrected chi connectivity index (χ3v) is 5.72. The highest BCUT2D eigenvalue weighted by Gasteiger charge is 2.23. The normalized spacial score (nSPS) is 14.7. The van der Waals surface area contributed by atoms with E-state index in [1.54, 1.807) is 12.5 Å². The molecule has 3 N–H and O–H groups in total. The summed E-state index contributed by atoms with van der Waals surface area (Å²) in [5, 5.41) is 12.4. The van der Waals surface area contributed by atoms with E-state index in [2.05, 4.69) is 63.4 Å². The molecule has 0 bridgehead atoms. The van der Waals surface area contributed by atoms with Crippen LogP contribution in [0, 0.1) is 5.41 Å². The average molecular weight is 430 g/mol. The lowest BCUT2D eigenvalue weighted by Gasteiger charge is -2.29. The molecule has 0 saturated heterocycles. The van der Waals surface area contributed by atoms with Gasteiger partial charge in [-0.3, -0.25) is 9.89 Å². The van der Waals surface area contributed by atoms with Crippen LogP contribution in [0.25, 0.3) is 27.5 Å². The second-order valence-electron chi connectivity index (χ2n) is 9.52. The summed E-state index contributed by atoms with van der Waals surface area (Å²) in [5.74, 6) is 0.968. The van der Waals surface area contributed by atoms with E-state index in [1.165, 1.54) is 5.57 Å². The van der Waals surface area contributed by atoms with Gasteiger partial charge in [-0.1, -0.05) is 26.8 Å². The molecule has 0 spiro atoms. The fraction of sp³-hybridized carbons (Fsp3) is 0.333. The molecule has 8 heteroatoms. The minimum atomic E-state index is 0.00245. The summed E-state index contributed by atoms with van der Waals surface area (Å²) in [6.07, 6.45) is 6.88. The predicted molar refractivity (Wildman–Crippen MR) is 127 cm³/mol. The van der Waals surface area contributed by atoms with Crippen molar-refractivity contribution in [2.24, 2.45) is 5.41 Å². The molecule has 32 heavy (non-hydrogen) atoms. The van der Waals surface area contributed by atoms with Crippen LogP contribution in [0.4, 0.5) is 11.5 Å². The van der Waals surface area contributed by atoms with Crippen molar-refractivity contribution in [3.63, 3.8) is 0 Å². The first-order valence-electron chi connectivity index (χ1n) is 10.9. The van der Waals surface area contributed by atoms with Crippen LogP contribution in [-0.2, 0) is 4.79 Å². The van der Waals surface area contributed by atoms with Crippen LogP contribution in [-0.4, -0.2) is 49.0 Å². The van der Waals surface area contributed by atoms with Gasteiger partial charge in [0.05, 0.1) is 17.1 Å². The lowest BCUT2D eigenvalue weighted by atomic mass is 9.91. The van der Waals surface area contributed by atoms with Crippen molar-refractivity contribution >= 4 is 44.9 Å². The lowest BCUT2D eigenvalue weighted by Crippen LogP contribution is -2.36. The highest BCUT2D eigenvalue weighted by atomic mass is 16.2. The van der Waals surface area contributed by atoms with E-state index in [0.29, 0.717) is 13.0 Å². The first kappa shape index (κ1) is 20.2. The van der Waals surface area contributed by atoms with Crippen molar-refractivity contribution < 1.29 is 4.79 Å². The third-order valence-electron chi connectivity index (χ3n) is 5.72. The Balaban J connectivity index is 1.37. The zero-order valence-electron chi connectivity index (χ0n) is 18.6. The van der Waals surface area contributed by atoms with Crippen LogP contribution in [0.2, 0.25) is 0 Å². The Hall–Kier alpha value is -3.68. The number of hydrogen-bond acceptors (Lipinski definition) is 5. The Morgan fingerprint density at radius 2 is 2.09 bits per heavy atom. The molecule has 4 aromatic rings. The molecule has 1 aliphatic rings. The molecular weight excluding hydrogens is 402 g/mol. The molecule has 0 fully saturated rings. The van der Waals surface area contributed by atoms with Crippen molar-refractivity contribution in [3.05, 3.63) is 48.6 Å². The zero-order chi connectivity index (χ0) is 22.3. The van der Waals surface area contributed by atoms with Gasteiger partial charge >= 0.3 is 0 Å². The maximum Gasteiger partial charge on any atom is 0.223 e. The van der Waals surface area contributed by atoms with Gasteiger partial charge in [0, 0.05) is 36.3 Å². The van der Waals surface area contributed by atoms with Gasteiger partial charge in [0.2, 0.25) is 5.91 Å². The Kier molecular flexibility index (Phi) is 4.92. The number of nitrogens with one attached hydrogen (secondary N) is 3. The van der Waals surface area contributed by atoms with Gasteiger partial charge in [0.25, 0.3) is 0 Å². The van der Waals surface area contributed by atoms with Crippen molar-refractivity contribution in [1.82, 2.24) is 30.0 Å². The Morgan fingerprint density at radius 1 is 1.22 bits per heavy atom. The van der Waals surface area contributed by atoms with Gasteiger partial charge in [-0.15, -0.1) is 0 Å². The number of fused-ring (bicyclic) bond motifs is 2. The summed E-state index contributed by atoms with van der Waals surface area (Å²) in [7, 11) is 0. The van der Waals surface area contributed by atoms with Gasteiger partial charge in [-0.25, -0.2) is 9.97 Å². The van der Waals surface area contributed by atoms with Gasteiger partial charge in [-0.05, 0) is 41.7 Å². The smallest absolute Gasteiger partial charge is 0.223 e. The third kappa shape index (κ3) is 4.08. The summed E-state index contributed by atoms with van der Waals surface area (Å²) in [5.41, 5.74) is 4.94. The molecule has 5 rings (SSSR count). The topological polar surface area (TPSA) is 103 Å². The second-order valence-corrected chi connectivity index (χ2v) is 9.52. The van der Waals surface area contributed by atoms with Gasteiger partial charge in [0.1, 0.15) is 17.8 Å². The quantitative estimate of drug-likeness (QED) is 0.439. The van der Waals surface area contributed by atoms with E-state index < -0.39 is 0 Å². The molecule has 164 valence electrons. The molecular formula is C24H27N7O. The van der Waals surface area contributed by atoms with E-state index in [1.807, 2.05) is 23.1 Å². The summed E-state index contributed by atoms with van der Waals surface area (Å²) in [4.78, 5) is 26.8. The number of benzene rings is 1. The van der Waals surface area contributed by atoms with Crippen LogP contribution in [0.1, 0.15) is 39.3 Å². The first-order chi connectivity index (χ1) is 15.4. The molecule has 8 nitrogen and oxygen atoms in total. The lowest BCUT2D eigenvalue weighted by molar-refractivity contribution is -0.132. The SMILES string of the molecule is CC(C)(C)CC(=O)N1CC=C(c2cc3c(Nc4ccc5[nH]ncc5c4)ncnc3[nH]2)CC1. The number of anilines is 2. The summed E-state index contributed by atoms with van der Waals surface area (Å²) in [6.45, 7) is 7.67. The number of hydrogen-bond donors (Lipinski definition) is 3. The number of carbonyl (C=O) groups is 1. The summed E-state index contributed by atoms with van der Waals surface area (Å²) < 4.78 is 0. The maximum atomic E-state index is 12.5. The maximum absolute atomic E-state index is 12.5. The predicted octanol–water partition coefficient (Wildman–Crippen LogP) is 4.63. The van der Waals surface area contributed by atoms with Crippen molar-refractivity contribution in [3.8, 4) is 0 Å². The van der Waals surface area contributed by atoms with E-state index in [9.17, 15) is 4.79 Å². The molecule has 0 unspecified atom stereocenters. The Morgan fingerprint density at radius 3 is 2.88 bits per heavy atom. The molecule has 4 heterocycles. The van der Waals surface area contributed by atoms with Gasteiger partial charge < -0.3 is 15.2 Å². The largest absolute Gasteiger partial charge is 0.340 e. The molecule has 0 saturated carbocycles. The van der Waals surface area contributed by atoms with Crippen molar-refractivity contribution in [1.29, 1.82) is 0 Å².